The fourth-order valence-corrected chi connectivity index (χ4v) is 1.80. The van der Waals surface area contributed by atoms with Gasteiger partial charge in [0.05, 0.1) is 11.1 Å². The van der Waals surface area contributed by atoms with Gasteiger partial charge < -0.3 is 5.11 Å². The van der Waals surface area contributed by atoms with Gasteiger partial charge in [-0.25, -0.2) is 4.39 Å². The van der Waals surface area contributed by atoms with Crippen molar-refractivity contribution in [1.82, 2.24) is 4.98 Å². The van der Waals surface area contributed by atoms with Crippen LogP contribution in [0.25, 0.3) is 0 Å². The Labute approximate surface area is 104 Å². The second-order valence-electron chi connectivity index (χ2n) is 3.72. The molecule has 0 fully saturated rings. The molecule has 0 aliphatic carbocycles. The van der Waals surface area contributed by atoms with Crippen LogP contribution in [0.5, 0.6) is 0 Å². The summed E-state index contributed by atoms with van der Waals surface area (Å²) in [4.78, 5) is 3.91. The Morgan fingerprint density at radius 1 is 1.29 bits per heavy atom. The first-order valence-corrected chi connectivity index (χ1v) is 5.57. The highest BCUT2D eigenvalue weighted by atomic mass is 35.5. The topological polar surface area (TPSA) is 33.1 Å². The Kier molecular flexibility index (Phi) is 3.71. The highest BCUT2D eigenvalue weighted by Crippen LogP contribution is 2.23. The van der Waals surface area contributed by atoms with Gasteiger partial charge in [-0.05, 0) is 23.3 Å². The molecule has 1 unspecified atom stereocenters. The number of pyridine rings is 1. The lowest BCUT2D eigenvalue weighted by molar-refractivity contribution is 0.176. The third-order valence-electron chi connectivity index (χ3n) is 2.51. The first-order chi connectivity index (χ1) is 8.18. The van der Waals surface area contributed by atoms with E-state index in [4.69, 9.17) is 11.6 Å². The maximum absolute atomic E-state index is 13.6. The monoisotopic (exact) mass is 251 g/mol. The van der Waals surface area contributed by atoms with Crippen LogP contribution in [0.2, 0.25) is 5.02 Å². The highest BCUT2D eigenvalue weighted by molar-refractivity contribution is 6.30. The van der Waals surface area contributed by atoms with Crippen molar-refractivity contribution in [1.29, 1.82) is 0 Å². The van der Waals surface area contributed by atoms with Gasteiger partial charge in [-0.15, -0.1) is 0 Å². The summed E-state index contributed by atoms with van der Waals surface area (Å²) in [6, 6.07) is 8.24. The minimum Gasteiger partial charge on any atom is -0.388 e. The lowest BCUT2D eigenvalue weighted by atomic mass is 10.0. The third kappa shape index (κ3) is 2.81. The minimum atomic E-state index is -0.781. The summed E-state index contributed by atoms with van der Waals surface area (Å²) in [5, 5.41) is 10.0. The summed E-state index contributed by atoms with van der Waals surface area (Å²) < 4.78 is 13.6. The van der Waals surface area contributed by atoms with Gasteiger partial charge in [-0.3, -0.25) is 4.98 Å². The van der Waals surface area contributed by atoms with Gasteiger partial charge in [0, 0.05) is 18.8 Å². The summed E-state index contributed by atoms with van der Waals surface area (Å²) in [6.07, 6.45) is 2.58. The van der Waals surface area contributed by atoms with E-state index in [2.05, 4.69) is 4.98 Å². The van der Waals surface area contributed by atoms with E-state index in [-0.39, 0.29) is 11.4 Å². The maximum Gasteiger partial charge on any atom is 0.145 e. The molecule has 0 radical (unpaired) electrons. The number of aromatic nitrogens is 1. The molecule has 0 saturated carbocycles. The first-order valence-electron chi connectivity index (χ1n) is 5.19. The summed E-state index contributed by atoms with van der Waals surface area (Å²) in [6.45, 7) is 0. The van der Waals surface area contributed by atoms with E-state index in [1.165, 1.54) is 6.07 Å². The van der Waals surface area contributed by atoms with Gasteiger partial charge >= 0.3 is 0 Å². The van der Waals surface area contributed by atoms with Crippen LogP contribution in [0.3, 0.4) is 0 Å². The molecule has 1 N–H and O–H groups in total. The van der Waals surface area contributed by atoms with Crippen molar-refractivity contribution in [2.45, 2.75) is 12.5 Å². The number of halogens is 2. The number of aliphatic hydroxyl groups excluding tert-OH is 1. The lowest BCUT2D eigenvalue weighted by Gasteiger charge is -2.11. The number of benzene rings is 1. The van der Waals surface area contributed by atoms with Crippen molar-refractivity contribution in [2.24, 2.45) is 0 Å². The van der Waals surface area contributed by atoms with Crippen molar-refractivity contribution in [3.63, 3.8) is 0 Å². The second-order valence-corrected chi connectivity index (χ2v) is 4.13. The molecule has 1 atom stereocenters. The van der Waals surface area contributed by atoms with Crippen LogP contribution in [0.1, 0.15) is 17.2 Å². The van der Waals surface area contributed by atoms with E-state index >= 15 is 0 Å². The SMILES string of the molecule is OC(Cc1cccc(Cl)c1F)c1cccnc1. The molecular formula is C13H11ClFNO. The highest BCUT2D eigenvalue weighted by Gasteiger charge is 2.13. The van der Waals surface area contributed by atoms with Crippen molar-refractivity contribution in [2.75, 3.05) is 0 Å². The predicted octanol–water partition coefficient (Wildman–Crippen LogP) is 3.15. The molecule has 0 spiro atoms. The molecule has 0 saturated heterocycles. The van der Waals surface area contributed by atoms with E-state index in [1.54, 1.807) is 36.7 Å². The Hall–Kier alpha value is -1.45. The number of nitrogens with zero attached hydrogens (tertiary/aromatic N) is 1. The van der Waals surface area contributed by atoms with Gasteiger partial charge in [0.25, 0.3) is 0 Å². The summed E-state index contributed by atoms with van der Waals surface area (Å²) in [7, 11) is 0. The number of aliphatic hydroxyl groups is 1. The lowest BCUT2D eigenvalue weighted by Crippen LogP contribution is -2.04. The minimum absolute atomic E-state index is 0.0703. The van der Waals surface area contributed by atoms with Crippen molar-refractivity contribution in [3.05, 3.63) is 64.7 Å². The molecule has 0 bridgehead atoms. The van der Waals surface area contributed by atoms with Gasteiger partial charge in [0.1, 0.15) is 5.82 Å². The average molecular weight is 252 g/mol. The number of hydrogen-bond donors (Lipinski definition) is 1. The van der Waals surface area contributed by atoms with Crippen molar-refractivity contribution in [3.8, 4) is 0 Å². The molecule has 17 heavy (non-hydrogen) atoms. The zero-order valence-electron chi connectivity index (χ0n) is 8.98. The molecule has 0 amide bonds. The van der Waals surface area contributed by atoms with Crippen LogP contribution >= 0.6 is 11.6 Å². The van der Waals surface area contributed by atoms with E-state index < -0.39 is 11.9 Å². The van der Waals surface area contributed by atoms with E-state index in [0.29, 0.717) is 11.1 Å². The first kappa shape index (κ1) is 12.0. The average Bonchev–Trinajstić information content (AvgIpc) is 2.36. The molecule has 2 nitrogen and oxygen atoms in total. The summed E-state index contributed by atoms with van der Waals surface area (Å²) in [5.74, 6) is -0.475. The molecule has 2 rings (SSSR count). The predicted molar refractivity (Wildman–Crippen MR) is 64.3 cm³/mol. The van der Waals surface area contributed by atoms with E-state index in [1.807, 2.05) is 0 Å². The fraction of sp³-hybridized carbons (Fsp3) is 0.154. The molecule has 1 aromatic carbocycles. The van der Waals surface area contributed by atoms with E-state index in [0.717, 1.165) is 0 Å². The maximum atomic E-state index is 13.6. The molecule has 1 aromatic heterocycles. The zero-order chi connectivity index (χ0) is 12.3. The third-order valence-corrected chi connectivity index (χ3v) is 2.81. The molecular weight excluding hydrogens is 241 g/mol. The van der Waals surface area contributed by atoms with Crippen molar-refractivity contribution < 1.29 is 9.50 Å². The van der Waals surface area contributed by atoms with Gasteiger partial charge in [-0.2, -0.15) is 0 Å². The largest absolute Gasteiger partial charge is 0.388 e. The Bertz CT molecular complexity index is 504. The zero-order valence-corrected chi connectivity index (χ0v) is 9.73. The summed E-state index contributed by atoms with van der Waals surface area (Å²) in [5.41, 5.74) is 1.06. The van der Waals surface area contributed by atoms with Crippen LogP contribution in [-0.4, -0.2) is 10.1 Å². The molecule has 2 aromatic rings. The summed E-state index contributed by atoms with van der Waals surface area (Å²) >= 11 is 5.67. The Morgan fingerprint density at radius 2 is 2.12 bits per heavy atom. The molecule has 88 valence electrons. The fourth-order valence-electron chi connectivity index (χ4n) is 1.61. The van der Waals surface area contributed by atoms with Gasteiger partial charge in [0.15, 0.2) is 0 Å². The normalized spacial score (nSPS) is 12.4. The molecule has 4 heteroatoms. The van der Waals surface area contributed by atoms with E-state index in [9.17, 15) is 9.50 Å². The molecule has 0 aliphatic heterocycles. The van der Waals surface area contributed by atoms with Crippen LogP contribution in [0.4, 0.5) is 4.39 Å². The smallest absolute Gasteiger partial charge is 0.145 e. The second kappa shape index (κ2) is 5.25. The number of hydrogen-bond acceptors (Lipinski definition) is 2. The van der Waals surface area contributed by atoms with Crippen LogP contribution in [0.15, 0.2) is 42.7 Å². The van der Waals surface area contributed by atoms with Crippen molar-refractivity contribution >= 4 is 11.6 Å². The van der Waals surface area contributed by atoms with Gasteiger partial charge in [-0.1, -0.05) is 29.8 Å². The van der Waals surface area contributed by atoms with Crippen LogP contribution in [0, 0.1) is 5.82 Å². The standard InChI is InChI=1S/C13H11ClFNO/c14-11-5-1-3-9(13(11)15)7-12(17)10-4-2-6-16-8-10/h1-6,8,12,17H,7H2. The van der Waals surface area contributed by atoms with Gasteiger partial charge in [0.2, 0.25) is 0 Å². The van der Waals surface area contributed by atoms with Crippen LogP contribution < -0.4 is 0 Å². The Morgan fingerprint density at radius 3 is 2.82 bits per heavy atom. The molecule has 0 aliphatic rings. The Balaban J connectivity index is 2.19. The molecule has 1 heterocycles. The van der Waals surface area contributed by atoms with Crippen LogP contribution in [-0.2, 0) is 6.42 Å². The number of rotatable bonds is 3. The quantitative estimate of drug-likeness (QED) is 0.909.